The van der Waals surface area contributed by atoms with Gasteiger partial charge in [-0.3, -0.25) is 4.79 Å². The average Bonchev–Trinajstić information content (AvgIpc) is 2.06. The molecule has 0 aromatic rings. The lowest BCUT2D eigenvalue weighted by Crippen LogP contribution is -2.33. The zero-order valence-corrected chi connectivity index (χ0v) is 9.66. The third-order valence-corrected chi connectivity index (χ3v) is 4.12. The number of carbonyl (C=O) groups is 1. The van der Waals surface area contributed by atoms with E-state index in [-0.39, 0.29) is 5.78 Å². The molecule has 0 aromatic heterocycles. The Hall–Kier alpha value is 0.00688. The van der Waals surface area contributed by atoms with Crippen LogP contribution in [0.15, 0.2) is 11.5 Å². The summed E-state index contributed by atoms with van der Waals surface area (Å²) >= 11 is 11.2. The van der Waals surface area contributed by atoms with Crippen molar-refractivity contribution in [3.63, 3.8) is 0 Å². The lowest BCUT2D eigenvalue weighted by atomic mass is 10.4. The minimum Gasteiger partial charge on any atom is -0.459 e. The Morgan fingerprint density at radius 1 is 1.42 bits per heavy atom. The highest BCUT2D eigenvalue weighted by atomic mass is 35.5. The Morgan fingerprint density at radius 2 is 1.92 bits per heavy atom. The summed E-state index contributed by atoms with van der Waals surface area (Å²) in [4.78, 5) is 11.5. The maximum atomic E-state index is 11.5. The molecule has 0 bridgehead atoms. The van der Waals surface area contributed by atoms with Crippen LogP contribution in [-0.4, -0.2) is 18.4 Å². The molecular formula is C7H10Cl2O2Si. The molecule has 12 heavy (non-hydrogen) atoms. The van der Waals surface area contributed by atoms with E-state index in [4.69, 9.17) is 27.9 Å². The Labute approximate surface area is 82.5 Å². The van der Waals surface area contributed by atoms with Gasteiger partial charge in [0.25, 0.3) is 0 Å². The van der Waals surface area contributed by atoms with Crippen molar-refractivity contribution >= 4 is 37.1 Å². The summed E-state index contributed by atoms with van der Waals surface area (Å²) in [5, 5.41) is 0.660. The van der Waals surface area contributed by atoms with Crippen LogP contribution in [0, 0.1) is 0 Å². The highest BCUT2D eigenvalue weighted by molar-refractivity contribution is 6.89. The molecule has 0 saturated carbocycles. The fourth-order valence-electron chi connectivity index (χ4n) is 0.914. The van der Waals surface area contributed by atoms with Crippen molar-refractivity contribution in [1.82, 2.24) is 0 Å². The normalized spacial score (nSPS) is 22.1. The molecular weight excluding hydrogens is 215 g/mol. The number of ether oxygens (including phenoxy) is 1. The van der Waals surface area contributed by atoms with Crippen LogP contribution < -0.4 is 0 Å². The molecule has 0 saturated heterocycles. The van der Waals surface area contributed by atoms with E-state index in [0.717, 1.165) is 0 Å². The van der Waals surface area contributed by atoms with Crippen molar-refractivity contribution in [1.29, 1.82) is 0 Å². The van der Waals surface area contributed by atoms with Gasteiger partial charge in [0, 0.05) is 5.20 Å². The summed E-state index contributed by atoms with van der Waals surface area (Å²) in [6, 6.07) is 0. The largest absolute Gasteiger partial charge is 0.459 e. The van der Waals surface area contributed by atoms with E-state index in [1.807, 2.05) is 19.6 Å². The lowest BCUT2D eigenvalue weighted by Gasteiger charge is -2.16. The van der Waals surface area contributed by atoms with Gasteiger partial charge in [0.05, 0.1) is 14.3 Å². The van der Waals surface area contributed by atoms with Crippen molar-refractivity contribution in [2.24, 2.45) is 0 Å². The molecule has 1 aliphatic heterocycles. The van der Waals surface area contributed by atoms with E-state index in [0.29, 0.717) is 5.20 Å². The minimum absolute atomic E-state index is 0.301. The molecule has 0 N–H and O–H groups in total. The summed E-state index contributed by atoms with van der Waals surface area (Å²) < 4.78 is 3.17. The van der Waals surface area contributed by atoms with Crippen LogP contribution in [0.3, 0.4) is 0 Å². The van der Waals surface area contributed by atoms with Gasteiger partial charge >= 0.3 is 4.52 Å². The van der Waals surface area contributed by atoms with E-state index in [9.17, 15) is 4.79 Å². The highest BCUT2D eigenvalue weighted by Gasteiger charge is 2.46. The van der Waals surface area contributed by atoms with Crippen LogP contribution in [0.4, 0.5) is 0 Å². The van der Waals surface area contributed by atoms with E-state index in [2.05, 4.69) is 0 Å². The molecule has 5 heteroatoms. The Kier molecular flexibility index (Phi) is 2.32. The molecule has 0 aliphatic carbocycles. The molecule has 0 amide bonds. The van der Waals surface area contributed by atoms with Gasteiger partial charge in [-0.25, -0.2) is 0 Å². The standard InChI is InChI=1S/C7H10Cl2O2Si/c1-12(2,3)5-4-11-7(8,9)6(5)10/h4H,1-3H3. The van der Waals surface area contributed by atoms with Crippen LogP contribution in [0.25, 0.3) is 0 Å². The first kappa shape index (κ1) is 10.1. The Balaban J connectivity index is 2.94. The van der Waals surface area contributed by atoms with Crippen molar-refractivity contribution in [2.75, 3.05) is 0 Å². The molecule has 68 valence electrons. The fourth-order valence-corrected chi connectivity index (χ4v) is 2.63. The fraction of sp³-hybridized carbons (Fsp3) is 0.571. The average molecular weight is 225 g/mol. The van der Waals surface area contributed by atoms with Gasteiger partial charge in [-0.05, 0) is 23.2 Å². The SMILES string of the molecule is C[Si](C)(C)C1=COC(Cl)(Cl)C1=O. The zero-order chi connectivity index (χ0) is 9.57. The number of hydrogen-bond acceptors (Lipinski definition) is 2. The van der Waals surface area contributed by atoms with Crippen LogP contribution in [-0.2, 0) is 9.53 Å². The van der Waals surface area contributed by atoms with Crippen LogP contribution >= 0.6 is 23.2 Å². The van der Waals surface area contributed by atoms with Crippen LogP contribution in [0.5, 0.6) is 0 Å². The number of carbonyl (C=O) groups excluding carboxylic acids is 1. The highest BCUT2D eigenvalue weighted by Crippen LogP contribution is 2.36. The van der Waals surface area contributed by atoms with Gasteiger partial charge in [0.2, 0.25) is 5.78 Å². The summed E-state index contributed by atoms with van der Waals surface area (Å²) in [6.07, 6.45) is 1.40. The van der Waals surface area contributed by atoms with E-state index in [1.54, 1.807) is 0 Å². The summed E-state index contributed by atoms with van der Waals surface area (Å²) in [6.45, 7) is 6.11. The molecule has 2 nitrogen and oxygen atoms in total. The summed E-state index contributed by atoms with van der Waals surface area (Å²) in [5.41, 5.74) is 0. The number of rotatable bonds is 1. The van der Waals surface area contributed by atoms with Gasteiger partial charge in [-0.2, -0.15) is 0 Å². The number of alkyl halides is 2. The van der Waals surface area contributed by atoms with E-state index < -0.39 is 12.6 Å². The van der Waals surface area contributed by atoms with E-state index in [1.165, 1.54) is 6.26 Å². The molecule has 0 fully saturated rings. The lowest BCUT2D eigenvalue weighted by molar-refractivity contribution is -0.119. The number of hydrogen-bond donors (Lipinski definition) is 0. The number of Topliss-reactive ketones (excluding diaryl/α,β-unsaturated/α-hetero) is 1. The van der Waals surface area contributed by atoms with Crippen LogP contribution in [0.1, 0.15) is 0 Å². The van der Waals surface area contributed by atoms with Gasteiger partial charge < -0.3 is 4.74 Å². The van der Waals surface area contributed by atoms with Gasteiger partial charge in [-0.1, -0.05) is 19.6 Å². The molecule has 1 rings (SSSR count). The molecule has 0 aromatic carbocycles. The first-order valence-corrected chi connectivity index (χ1v) is 7.82. The van der Waals surface area contributed by atoms with Crippen molar-refractivity contribution in [2.45, 2.75) is 24.2 Å². The van der Waals surface area contributed by atoms with Gasteiger partial charge in [-0.15, -0.1) is 0 Å². The van der Waals surface area contributed by atoms with Crippen molar-refractivity contribution < 1.29 is 9.53 Å². The monoisotopic (exact) mass is 224 g/mol. The van der Waals surface area contributed by atoms with Gasteiger partial charge in [0.1, 0.15) is 0 Å². The third kappa shape index (κ3) is 1.68. The second-order valence-corrected chi connectivity index (χ2v) is 10.0. The number of halogens is 2. The molecule has 0 radical (unpaired) electrons. The zero-order valence-electron chi connectivity index (χ0n) is 7.15. The maximum absolute atomic E-state index is 11.5. The molecule has 1 heterocycles. The summed E-state index contributed by atoms with van der Waals surface area (Å²) in [7, 11) is -1.66. The topological polar surface area (TPSA) is 26.3 Å². The van der Waals surface area contributed by atoms with Crippen molar-refractivity contribution in [3.05, 3.63) is 11.5 Å². The number of ketones is 1. The predicted octanol–water partition coefficient (Wildman–Crippen LogP) is 2.48. The van der Waals surface area contributed by atoms with Gasteiger partial charge in [0.15, 0.2) is 0 Å². The van der Waals surface area contributed by atoms with Crippen molar-refractivity contribution in [3.8, 4) is 0 Å². The Bertz CT molecular complexity index is 253. The van der Waals surface area contributed by atoms with Crippen LogP contribution in [0.2, 0.25) is 19.6 Å². The maximum Gasteiger partial charge on any atom is 0.321 e. The van der Waals surface area contributed by atoms with E-state index >= 15 is 0 Å². The smallest absolute Gasteiger partial charge is 0.321 e. The molecule has 0 spiro atoms. The molecule has 0 atom stereocenters. The molecule has 0 unspecified atom stereocenters. The predicted molar refractivity (Wildman–Crippen MR) is 52.0 cm³/mol. The second-order valence-electron chi connectivity index (χ2n) is 3.75. The molecule has 1 aliphatic rings. The summed E-state index contributed by atoms with van der Waals surface area (Å²) in [5.74, 6) is -0.301. The third-order valence-electron chi connectivity index (χ3n) is 1.64. The first-order chi connectivity index (χ1) is 5.25. The quantitative estimate of drug-likeness (QED) is 0.506. The first-order valence-electron chi connectivity index (χ1n) is 3.56. The second kappa shape index (κ2) is 2.75. The Morgan fingerprint density at radius 3 is 2.08 bits per heavy atom. The minimum atomic E-state index is -1.67.